The average Bonchev–Trinajstić information content (AvgIpc) is 2.98. The highest BCUT2D eigenvalue weighted by molar-refractivity contribution is 9.10. The molecule has 6 nitrogen and oxygen atoms in total. The van der Waals surface area contributed by atoms with Crippen LogP contribution in [0, 0.1) is 0 Å². The number of carbonyl (C=O) groups excluding carboxylic acids is 1. The molecule has 1 aliphatic carbocycles. The van der Waals surface area contributed by atoms with E-state index >= 15 is 0 Å². The van der Waals surface area contributed by atoms with Gasteiger partial charge in [0, 0.05) is 12.2 Å². The first-order valence-corrected chi connectivity index (χ1v) is 5.64. The van der Waals surface area contributed by atoms with Gasteiger partial charge in [-0.3, -0.25) is 19.1 Å². The van der Waals surface area contributed by atoms with Crippen LogP contribution in [0.5, 0.6) is 0 Å². The molecule has 0 aliphatic heterocycles. The van der Waals surface area contributed by atoms with E-state index in [1.54, 1.807) is 0 Å². The predicted octanol–water partition coefficient (Wildman–Crippen LogP) is -0.422. The first kappa shape index (κ1) is 11.1. The van der Waals surface area contributed by atoms with Crippen molar-refractivity contribution in [3.05, 3.63) is 31.5 Å². The van der Waals surface area contributed by atoms with Crippen molar-refractivity contribution in [1.82, 2.24) is 14.9 Å². The standard InChI is InChI=1S/C9H10BrN3O3/c10-6-3-13(9(16)12-8(6)15)4-7(14)11-5-1-2-5/h3,5H,1-2,4H2,(H,11,14)(H,12,15,16). The molecule has 1 aliphatic rings. The minimum atomic E-state index is -0.584. The third-order valence-electron chi connectivity index (χ3n) is 2.22. The molecule has 0 unspecified atom stereocenters. The van der Waals surface area contributed by atoms with E-state index in [1.807, 2.05) is 0 Å². The van der Waals surface area contributed by atoms with Gasteiger partial charge in [-0.1, -0.05) is 0 Å². The lowest BCUT2D eigenvalue weighted by Gasteiger charge is -2.05. The van der Waals surface area contributed by atoms with Crippen molar-refractivity contribution in [2.75, 3.05) is 0 Å². The summed E-state index contributed by atoms with van der Waals surface area (Å²) in [6.45, 7) is -0.0787. The smallest absolute Gasteiger partial charge is 0.328 e. The molecule has 1 amide bonds. The first-order valence-electron chi connectivity index (χ1n) is 4.85. The fourth-order valence-corrected chi connectivity index (χ4v) is 1.60. The van der Waals surface area contributed by atoms with Gasteiger partial charge in [0.25, 0.3) is 5.56 Å². The first-order chi connectivity index (χ1) is 7.56. The SMILES string of the molecule is O=C(Cn1cc(Br)c(=O)[nH]c1=O)NC1CC1. The predicted molar refractivity (Wildman–Crippen MR) is 60.2 cm³/mol. The molecular weight excluding hydrogens is 278 g/mol. The van der Waals surface area contributed by atoms with Crippen LogP contribution in [0.25, 0.3) is 0 Å². The Morgan fingerprint density at radius 3 is 2.88 bits per heavy atom. The highest BCUT2D eigenvalue weighted by Gasteiger charge is 2.23. The molecule has 2 N–H and O–H groups in total. The number of rotatable bonds is 3. The molecule has 7 heteroatoms. The van der Waals surface area contributed by atoms with Gasteiger partial charge in [-0.25, -0.2) is 4.79 Å². The van der Waals surface area contributed by atoms with Gasteiger partial charge in [-0.2, -0.15) is 0 Å². The summed E-state index contributed by atoms with van der Waals surface area (Å²) in [7, 11) is 0. The van der Waals surface area contributed by atoms with Crippen molar-refractivity contribution >= 4 is 21.8 Å². The molecule has 1 aromatic rings. The van der Waals surface area contributed by atoms with E-state index in [2.05, 4.69) is 26.2 Å². The second-order valence-corrected chi connectivity index (χ2v) is 4.56. The van der Waals surface area contributed by atoms with Crippen molar-refractivity contribution in [3.8, 4) is 0 Å². The maximum Gasteiger partial charge on any atom is 0.328 e. The monoisotopic (exact) mass is 287 g/mol. The number of carbonyl (C=O) groups is 1. The number of hydrogen-bond donors (Lipinski definition) is 2. The summed E-state index contributed by atoms with van der Waals surface area (Å²) in [4.78, 5) is 35.9. The molecule has 16 heavy (non-hydrogen) atoms. The maximum absolute atomic E-state index is 11.4. The Hall–Kier alpha value is -1.37. The van der Waals surface area contributed by atoms with Crippen LogP contribution in [0.1, 0.15) is 12.8 Å². The number of aromatic amines is 1. The number of hydrogen-bond acceptors (Lipinski definition) is 3. The van der Waals surface area contributed by atoms with Gasteiger partial charge in [-0.15, -0.1) is 0 Å². The van der Waals surface area contributed by atoms with Crippen LogP contribution >= 0.6 is 15.9 Å². The fraction of sp³-hybridized carbons (Fsp3) is 0.444. The number of amides is 1. The van der Waals surface area contributed by atoms with Crippen molar-refractivity contribution < 1.29 is 4.79 Å². The second-order valence-electron chi connectivity index (χ2n) is 3.71. The zero-order chi connectivity index (χ0) is 11.7. The number of aromatic nitrogens is 2. The summed E-state index contributed by atoms with van der Waals surface area (Å²) in [5.41, 5.74) is -1.08. The van der Waals surface area contributed by atoms with Gasteiger partial charge >= 0.3 is 5.69 Å². The Morgan fingerprint density at radius 2 is 2.25 bits per heavy atom. The molecule has 0 radical (unpaired) electrons. The minimum absolute atomic E-state index is 0.0787. The highest BCUT2D eigenvalue weighted by atomic mass is 79.9. The zero-order valence-electron chi connectivity index (χ0n) is 8.33. The van der Waals surface area contributed by atoms with E-state index in [-0.39, 0.29) is 23.0 Å². The summed E-state index contributed by atoms with van der Waals surface area (Å²) < 4.78 is 1.38. The van der Waals surface area contributed by atoms with Crippen LogP contribution in [-0.2, 0) is 11.3 Å². The molecule has 1 fully saturated rings. The molecule has 86 valence electrons. The van der Waals surface area contributed by atoms with E-state index in [0.29, 0.717) is 0 Å². The second kappa shape index (κ2) is 4.25. The molecule has 0 bridgehead atoms. The van der Waals surface area contributed by atoms with Crippen LogP contribution in [0.15, 0.2) is 20.3 Å². The van der Waals surface area contributed by atoms with Gasteiger partial charge in [0.2, 0.25) is 5.91 Å². The third kappa shape index (κ3) is 2.60. The topological polar surface area (TPSA) is 84.0 Å². The molecule has 1 saturated carbocycles. The Labute approximate surface area is 98.8 Å². The Balaban J connectivity index is 2.14. The van der Waals surface area contributed by atoms with Crippen LogP contribution in [0.3, 0.4) is 0 Å². The van der Waals surface area contributed by atoms with Crippen LogP contribution < -0.4 is 16.6 Å². The quantitative estimate of drug-likeness (QED) is 0.792. The van der Waals surface area contributed by atoms with Gasteiger partial charge in [-0.05, 0) is 28.8 Å². The van der Waals surface area contributed by atoms with Crippen molar-refractivity contribution in [2.45, 2.75) is 25.4 Å². The zero-order valence-corrected chi connectivity index (χ0v) is 9.91. The summed E-state index contributed by atoms with van der Waals surface area (Å²) in [6, 6.07) is 0.259. The maximum atomic E-state index is 11.4. The molecule has 0 atom stereocenters. The number of nitrogens with zero attached hydrogens (tertiary/aromatic N) is 1. The van der Waals surface area contributed by atoms with Crippen molar-refractivity contribution in [1.29, 1.82) is 0 Å². The van der Waals surface area contributed by atoms with Crippen LogP contribution in [0.4, 0.5) is 0 Å². The highest BCUT2D eigenvalue weighted by Crippen LogP contribution is 2.18. The summed E-state index contributed by atoms with van der Waals surface area (Å²) in [5.74, 6) is -0.219. The summed E-state index contributed by atoms with van der Waals surface area (Å²) >= 11 is 3.00. The number of halogens is 1. The van der Waals surface area contributed by atoms with E-state index in [0.717, 1.165) is 17.4 Å². The van der Waals surface area contributed by atoms with Crippen molar-refractivity contribution in [3.63, 3.8) is 0 Å². The summed E-state index contributed by atoms with van der Waals surface area (Å²) in [5, 5.41) is 2.76. The third-order valence-corrected chi connectivity index (χ3v) is 2.79. The Bertz CT molecular complexity index is 530. The Kier molecular flexibility index (Phi) is 2.95. The average molecular weight is 288 g/mol. The molecule has 2 rings (SSSR count). The Morgan fingerprint density at radius 1 is 1.56 bits per heavy atom. The lowest BCUT2D eigenvalue weighted by molar-refractivity contribution is -0.121. The molecule has 0 aromatic carbocycles. The van der Waals surface area contributed by atoms with E-state index < -0.39 is 11.2 Å². The van der Waals surface area contributed by atoms with Gasteiger partial charge in [0.05, 0.1) is 4.47 Å². The number of H-pyrrole nitrogens is 1. The molecular formula is C9H10BrN3O3. The normalized spacial score (nSPS) is 14.8. The van der Waals surface area contributed by atoms with Crippen molar-refractivity contribution in [2.24, 2.45) is 0 Å². The van der Waals surface area contributed by atoms with Crippen LogP contribution in [-0.4, -0.2) is 21.5 Å². The van der Waals surface area contributed by atoms with E-state index in [4.69, 9.17) is 0 Å². The largest absolute Gasteiger partial charge is 0.352 e. The lowest BCUT2D eigenvalue weighted by Crippen LogP contribution is -2.36. The lowest BCUT2D eigenvalue weighted by atomic mass is 10.5. The van der Waals surface area contributed by atoms with Gasteiger partial charge in [0.15, 0.2) is 0 Å². The van der Waals surface area contributed by atoms with Gasteiger partial charge < -0.3 is 5.32 Å². The van der Waals surface area contributed by atoms with E-state index in [9.17, 15) is 14.4 Å². The number of nitrogens with one attached hydrogen (secondary N) is 2. The molecule has 1 heterocycles. The van der Waals surface area contributed by atoms with E-state index in [1.165, 1.54) is 6.20 Å². The molecule has 0 saturated heterocycles. The molecule has 0 spiro atoms. The minimum Gasteiger partial charge on any atom is -0.352 e. The fourth-order valence-electron chi connectivity index (χ4n) is 1.26. The molecule has 1 aromatic heterocycles. The van der Waals surface area contributed by atoms with Crippen LogP contribution in [0.2, 0.25) is 0 Å². The summed E-state index contributed by atoms with van der Waals surface area (Å²) in [6.07, 6.45) is 3.31. The van der Waals surface area contributed by atoms with Gasteiger partial charge in [0.1, 0.15) is 6.54 Å².